The van der Waals surface area contributed by atoms with Crippen LogP contribution >= 0.6 is 11.6 Å². The van der Waals surface area contributed by atoms with Gasteiger partial charge in [-0.2, -0.15) is 0 Å². The minimum absolute atomic E-state index is 0.484. The zero-order valence-corrected chi connectivity index (χ0v) is 9.68. The molecule has 0 atom stereocenters. The van der Waals surface area contributed by atoms with Crippen LogP contribution in [0.3, 0.4) is 0 Å². The van der Waals surface area contributed by atoms with Crippen molar-refractivity contribution in [1.82, 2.24) is 20.4 Å². The summed E-state index contributed by atoms with van der Waals surface area (Å²) in [4.78, 5) is 1.74. The summed E-state index contributed by atoms with van der Waals surface area (Å²) in [7, 11) is 3.67. The molecular weight excluding hydrogens is 226 g/mol. The Bertz CT molecular complexity index is 466. The highest BCUT2D eigenvalue weighted by molar-refractivity contribution is 6.30. The van der Waals surface area contributed by atoms with Gasteiger partial charge in [0.05, 0.1) is 0 Å². The average molecular weight is 236 g/mol. The molecule has 1 aromatic heterocycles. The van der Waals surface area contributed by atoms with Crippen LogP contribution in [0.2, 0.25) is 5.02 Å². The van der Waals surface area contributed by atoms with E-state index in [1.54, 1.807) is 17.0 Å². The molecule has 0 aliphatic rings. The molecule has 0 amide bonds. The van der Waals surface area contributed by atoms with Gasteiger partial charge in [0.25, 0.3) is 5.95 Å². The number of halogens is 1. The summed E-state index contributed by atoms with van der Waals surface area (Å²) in [5.74, 6) is 0.972. The monoisotopic (exact) mass is 235 g/mol. The van der Waals surface area contributed by atoms with Crippen LogP contribution < -0.4 is 4.90 Å². The summed E-state index contributed by atoms with van der Waals surface area (Å²) < 4.78 is 0. The van der Waals surface area contributed by atoms with Crippen LogP contribution in [0.1, 0.15) is 0 Å². The summed E-state index contributed by atoms with van der Waals surface area (Å²) in [5, 5.41) is 16.6. The van der Waals surface area contributed by atoms with Gasteiger partial charge in [-0.3, -0.25) is 0 Å². The first-order valence-electron chi connectivity index (χ1n) is 4.67. The molecule has 6 heteroatoms. The molecule has 0 spiro atoms. The maximum absolute atomic E-state index is 5.79. The van der Waals surface area contributed by atoms with E-state index in [0.29, 0.717) is 16.8 Å². The first-order valence-corrected chi connectivity index (χ1v) is 5.05. The van der Waals surface area contributed by atoms with Crippen molar-refractivity contribution in [3.63, 3.8) is 0 Å². The van der Waals surface area contributed by atoms with Crippen molar-refractivity contribution in [2.75, 3.05) is 19.0 Å². The Morgan fingerprint density at radius 1 is 0.938 bits per heavy atom. The highest BCUT2D eigenvalue weighted by atomic mass is 35.5. The minimum Gasteiger partial charge on any atom is -0.344 e. The van der Waals surface area contributed by atoms with Gasteiger partial charge in [-0.05, 0) is 24.3 Å². The minimum atomic E-state index is 0.484. The van der Waals surface area contributed by atoms with Gasteiger partial charge in [0, 0.05) is 24.7 Å². The Hall–Kier alpha value is -1.75. The van der Waals surface area contributed by atoms with Crippen molar-refractivity contribution >= 4 is 17.5 Å². The number of hydrogen-bond acceptors (Lipinski definition) is 5. The van der Waals surface area contributed by atoms with Gasteiger partial charge < -0.3 is 4.90 Å². The number of aromatic nitrogens is 4. The SMILES string of the molecule is CN(C)c1nnc(-c2ccc(Cl)cc2)nn1. The smallest absolute Gasteiger partial charge is 0.264 e. The van der Waals surface area contributed by atoms with E-state index in [4.69, 9.17) is 11.6 Å². The van der Waals surface area contributed by atoms with E-state index >= 15 is 0 Å². The molecule has 0 saturated heterocycles. The third kappa shape index (κ3) is 2.25. The van der Waals surface area contributed by atoms with E-state index in [-0.39, 0.29) is 0 Å². The molecule has 0 bridgehead atoms. The largest absolute Gasteiger partial charge is 0.344 e. The zero-order chi connectivity index (χ0) is 11.5. The first kappa shape index (κ1) is 10.8. The van der Waals surface area contributed by atoms with Gasteiger partial charge >= 0.3 is 0 Å². The quantitative estimate of drug-likeness (QED) is 0.792. The Morgan fingerprint density at radius 2 is 1.50 bits per heavy atom. The lowest BCUT2D eigenvalue weighted by Crippen LogP contribution is -2.14. The standard InChI is InChI=1S/C10H10ClN5/c1-16(2)10-14-12-9(13-15-10)7-3-5-8(11)6-4-7/h3-6H,1-2H3. The fourth-order valence-electron chi connectivity index (χ4n) is 1.12. The van der Waals surface area contributed by atoms with Crippen molar-refractivity contribution in [3.05, 3.63) is 29.3 Å². The summed E-state index contributed by atoms with van der Waals surface area (Å²) in [6, 6.07) is 7.22. The summed E-state index contributed by atoms with van der Waals surface area (Å²) >= 11 is 5.79. The fourth-order valence-corrected chi connectivity index (χ4v) is 1.24. The Kier molecular flexibility index (Phi) is 2.96. The van der Waals surface area contributed by atoms with E-state index in [2.05, 4.69) is 20.4 Å². The lowest BCUT2D eigenvalue weighted by Gasteiger charge is -2.07. The molecule has 82 valence electrons. The molecule has 16 heavy (non-hydrogen) atoms. The average Bonchev–Trinajstić information content (AvgIpc) is 2.30. The van der Waals surface area contributed by atoms with Gasteiger partial charge in [0.1, 0.15) is 0 Å². The molecule has 0 aliphatic heterocycles. The van der Waals surface area contributed by atoms with Gasteiger partial charge in [0.2, 0.25) is 5.82 Å². The Morgan fingerprint density at radius 3 is 2.00 bits per heavy atom. The maximum Gasteiger partial charge on any atom is 0.264 e. The number of hydrogen-bond donors (Lipinski definition) is 0. The van der Waals surface area contributed by atoms with Crippen LogP contribution in [0.15, 0.2) is 24.3 Å². The second-order valence-electron chi connectivity index (χ2n) is 3.42. The van der Waals surface area contributed by atoms with E-state index < -0.39 is 0 Å². The van der Waals surface area contributed by atoms with Crippen molar-refractivity contribution in [3.8, 4) is 11.4 Å². The van der Waals surface area contributed by atoms with Gasteiger partial charge in [0.15, 0.2) is 0 Å². The normalized spacial score (nSPS) is 10.2. The lowest BCUT2D eigenvalue weighted by atomic mass is 10.2. The maximum atomic E-state index is 5.79. The van der Waals surface area contributed by atoms with Crippen molar-refractivity contribution in [2.45, 2.75) is 0 Å². The van der Waals surface area contributed by atoms with Gasteiger partial charge in [-0.1, -0.05) is 11.6 Å². The third-order valence-corrected chi connectivity index (χ3v) is 2.22. The molecule has 2 rings (SSSR count). The lowest BCUT2D eigenvalue weighted by molar-refractivity contribution is 0.830. The van der Waals surface area contributed by atoms with Crippen molar-refractivity contribution < 1.29 is 0 Å². The van der Waals surface area contributed by atoms with Crippen molar-refractivity contribution in [2.24, 2.45) is 0 Å². The highest BCUT2D eigenvalue weighted by Crippen LogP contribution is 2.16. The molecule has 0 fully saturated rings. The summed E-state index contributed by atoms with van der Waals surface area (Å²) in [6.45, 7) is 0. The number of benzene rings is 1. The van der Waals surface area contributed by atoms with E-state index in [1.807, 2.05) is 26.2 Å². The number of nitrogens with zero attached hydrogens (tertiary/aromatic N) is 5. The molecular formula is C10H10ClN5. The molecule has 0 unspecified atom stereocenters. The van der Waals surface area contributed by atoms with Crippen LogP contribution in [0, 0.1) is 0 Å². The highest BCUT2D eigenvalue weighted by Gasteiger charge is 2.04. The molecule has 0 aliphatic carbocycles. The molecule has 2 aromatic rings. The van der Waals surface area contributed by atoms with E-state index in [9.17, 15) is 0 Å². The fraction of sp³-hybridized carbons (Fsp3) is 0.200. The first-order chi connectivity index (χ1) is 7.66. The molecule has 5 nitrogen and oxygen atoms in total. The van der Waals surface area contributed by atoms with Crippen LogP contribution in [0.4, 0.5) is 5.95 Å². The predicted octanol–water partition coefficient (Wildman–Crippen LogP) is 1.65. The van der Waals surface area contributed by atoms with Crippen LogP contribution in [0.25, 0.3) is 11.4 Å². The topological polar surface area (TPSA) is 54.8 Å². The van der Waals surface area contributed by atoms with Crippen LogP contribution in [0.5, 0.6) is 0 Å². The Balaban J connectivity index is 2.31. The molecule has 1 aromatic carbocycles. The van der Waals surface area contributed by atoms with Crippen molar-refractivity contribution in [1.29, 1.82) is 0 Å². The number of rotatable bonds is 2. The molecule has 1 heterocycles. The van der Waals surface area contributed by atoms with Crippen LogP contribution in [-0.4, -0.2) is 34.5 Å². The van der Waals surface area contributed by atoms with Crippen LogP contribution in [-0.2, 0) is 0 Å². The van der Waals surface area contributed by atoms with Gasteiger partial charge in [-0.25, -0.2) is 0 Å². The third-order valence-electron chi connectivity index (χ3n) is 1.97. The summed E-state index contributed by atoms with van der Waals surface area (Å²) in [6.07, 6.45) is 0. The molecule has 0 radical (unpaired) electrons. The van der Waals surface area contributed by atoms with E-state index in [1.165, 1.54) is 0 Å². The second-order valence-corrected chi connectivity index (χ2v) is 3.86. The molecule has 0 N–H and O–H groups in total. The number of anilines is 1. The summed E-state index contributed by atoms with van der Waals surface area (Å²) in [5.41, 5.74) is 0.842. The zero-order valence-electron chi connectivity index (χ0n) is 8.92. The molecule has 0 saturated carbocycles. The van der Waals surface area contributed by atoms with E-state index in [0.717, 1.165) is 5.56 Å². The van der Waals surface area contributed by atoms with Gasteiger partial charge in [-0.15, -0.1) is 20.4 Å². The second kappa shape index (κ2) is 4.40. The Labute approximate surface area is 98.1 Å². The predicted molar refractivity (Wildman–Crippen MR) is 62.4 cm³/mol.